The molecule has 1 aliphatic heterocycles. The maximum Gasteiger partial charge on any atom is 0.356 e. The van der Waals surface area contributed by atoms with Gasteiger partial charge in [0.15, 0.2) is 0 Å². The monoisotopic (exact) mass is 420 g/mol. The molecular formula is C23H24N4O4. The van der Waals surface area contributed by atoms with Gasteiger partial charge in [-0.1, -0.05) is 18.2 Å². The summed E-state index contributed by atoms with van der Waals surface area (Å²) in [4.78, 5) is 31.1. The molecule has 1 fully saturated rings. The van der Waals surface area contributed by atoms with E-state index >= 15 is 0 Å². The second-order valence-electron chi connectivity index (χ2n) is 7.28. The molecule has 0 radical (unpaired) electrons. The first-order valence-electron chi connectivity index (χ1n) is 10.3. The summed E-state index contributed by atoms with van der Waals surface area (Å²) < 4.78 is 10.9. The smallest absolute Gasteiger partial charge is 0.356 e. The number of amides is 1. The highest BCUT2D eigenvalue weighted by Crippen LogP contribution is 2.30. The lowest BCUT2D eigenvalue weighted by Crippen LogP contribution is -2.38. The van der Waals surface area contributed by atoms with Crippen LogP contribution in [0.15, 0.2) is 54.9 Å². The molecule has 0 atom stereocenters. The van der Waals surface area contributed by atoms with Crippen LogP contribution in [-0.2, 0) is 4.74 Å². The van der Waals surface area contributed by atoms with E-state index in [1.807, 2.05) is 30.3 Å². The molecule has 1 amide bonds. The fourth-order valence-electron chi connectivity index (χ4n) is 3.74. The molecule has 3 heterocycles. The summed E-state index contributed by atoms with van der Waals surface area (Å²) in [5.74, 6) is 0.882. The van der Waals surface area contributed by atoms with E-state index in [1.54, 1.807) is 36.4 Å². The lowest BCUT2D eigenvalue weighted by Gasteiger charge is -2.31. The molecular weight excluding hydrogens is 396 g/mol. The molecule has 0 bridgehead atoms. The molecule has 1 saturated heterocycles. The Hall–Kier alpha value is -3.68. The Morgan fingerprint density at radius 2 is 1.90 bits per heavy atom. The van der Waals surface area contributed by atoms with Gasteiger partial charge in [0.05, 0.1) is 12.8 Å². The Morgan fingerprint density at radius 1 is 1.13 bits per heavy atom. The summed E-state index contributed by atoms with van der Waals surface area (Å²) in [6.07, 6.45) is 4.73. The third-order valence-electron chi connectivity index (χ3n) is 5.30. The first-order chi connectivity index (χ1) is 15.2. The van der Waals surface area contributed by atoms with E-state index in [0.29, 0.717) is 42.6 Å². The van der Waals surface area contributed by atoms with Gasteiger partial charge < -0.3 is 14.4 Å². The number of hydrogen-bond donors (Lipinski definition) is 1. The maximum atomic E-state index is 13.0. The SMILES string of the molecule is CCOC(=O)c1[nH]ncc1C1CCN(C(=O)c2cc(Oc3ccccc3)ccn2)CC1. The van der Waals surface area contributed by atoms with Crippen LogP contribution in [0.3, 0.4) is 0 Å². The van der Waals surface area contributed by atoms with Crippen LogP contribution in [0.25, 0.3) is 0 Å². The molecule has 8 nitrogen and oxygen atoms in total. The van der Waals surface area contributed by atoms with Crippen molar-refractivity contribution in [3.63, 3.8) is 0 Å². The molecule has 160 valence electrons. The number of aromatic amines is 1. The summed E-state index contributed by atoms with van der Waals surface area (Å²) in [6.45, 7) is 3.22. The fraction of sp³-hybridized carbons (Fsp3) is 0.304. The molecule has 1 aliphatic rings. The van der Waals surface area contributed by atoms with Crippen molar-refractivity contribution in [3.8, 4) is 11.5 Å². The first kappa shape index (κ1) is 20.6. The van der Waals surface area contributed by atoms with Crippen LogP contribution in [0, 0.1) is 0 Å². The predicted molar refractivity (Wildman–Crippen MR) is 113 cm³/mol. The topological polar surface area (TPSA) is 97.4 Å². The van der Waals surface area contributed by atoms with Gasteiger partial charge in [-0.2, -0.15) is 5.10 Å². The van der Waals surface area contributed by atoms with Crippen LogP contribution < -0.4 is 4.74 Å². The zero-order valence-corrected chi connectivity index (χ0v) is 17.3. The Bertz CT molecular complexity index is 1040. The molecule has 0 spiro atoms. The number of hydrogen-bond acceptors (Lipinski definition) is 6. The number of para-hydroxylation sites is 1. The highest BCUT2D eigenvalue weighted by molar-refractivity contribution is 5.93. The average molecular weight is 420 g/mol. The third-order valence-corrected chi connectivity index (χ3v) is 5.30. The van der Waals surface area contributed by atoms with E-state index in [9.17, 15) is 9.59 Å². The number of pyridine rings is 1. The van der Waals surface area contributed by atoms with Crippen LogP contribution in [0.4, 0.5) is 0 Å². The summed E-state index contributed by atoms with van der Waals surface area (Å²) in [5.41, 5.74) is 1.60. The molecule has 3 aromatic rings. The molecule has 31 heavy (non-hydrogen) atoms. The normalized spacial score (nSPS) is 14.3. The predicted octanol–water partition coefficient (Wildman–Crippen LogP) is 3.79. The molecule has 0 aliphatic carbocycles. The number of rotatable bonds is 6. The Morgan fingerprint density at radius 3 is 2.65 bits per heavy atom. The maximum absolute atomic E-state index is 13.0. The van der Waals surface area contributed by atoms with Gasteiger partial charge in [0, 0.05) is 30.9 Å². The van der Waals surface area contributed by atoms with E-state index in [0.717, 1.165) is 18.4 Å². The number of carbonyl (C=O) groups excluding carboxylic acids is 2. The summed E-state index contributed by atoms with van der Waals surface area (Å²) in [7, 11) is 0. The highest BCUT2D eigenvalue weighted by atomic mass is 16.5. The number of piperidine rings is 1. The molecule has 2 aromatic heterocycles. The lowest BCUT2D eigenvalue weighted by molar-refractivity contribution is 0.0515. The van der Waals surface area contributed by atoms with Crippen molar-refractivity contribution in [1.29, 1.82) is 0 Å². The number of H-pyrrole nitrogens is 1. The summed E-state index contributed by atoms with van der Waals surface area (Å²) >= 11 is 0. The van der Waals surface area contributed by atoms with Crippen LogP contribution in [0.1, 0.15) is 52.2 Å². The van der Waals surface area contributed by atoms with E-state index in [4.69, 9.17) is 9.47 Å². The second-order valence-corrected chi connectivity index (χ2v) is 7.28. The van der Waals surface area contributed by atoms with Gasteiger partial charge in [-0.15, -0.1) is 0 Å². The van der Waals surface area contributed by atoms with Gasteiger partial charge in [0.2, 0.25) is 0 Å². The molecule has 4 rings (SSSR count). The van der Waals surface area contributed by atoms with Crippen molar-refractivity contribution in [2.75, 3.05) is 19.7 Å². The van der Waals surface area contributed by atoms with Crippen molar-refractivity contribution in [1.82, 2.24) is 20.1 Å². The number of nitrogens with zero attached hydrogens (tertiary/aromatic N) is 3. The minimum atomic E-state index is -0.395. The van der Waals surface area contributed by atoms with Gasteiger partial charge in [0.25, 0.3) is 5.91 Å². The number of carbonyl (C=O) groups is 2. The minimum Gasteiger partial charge on any atom is -0.461 e. The third kappa shape index (κ3) is 4.74. The van der Waals surface area contributed by atoms with Crippen molar-refractivity contribution >= 4 is 11.9 Å². The van der Waals surface area contributed by atoms with E-state index in [1.165, 1.54) is 0 Å². The first-order valence-corrected chi connectivity index (χ1v) is 10.3. The van der Waals surface area contributed by atoms with Gasteiger partial charge in [-0.25, -0.2) is 4.79 Å². The van der Waals surface area contributed by atoms with Gasteiger partial charge in [-0.3, -0.25) is 14.9 Å². The van der Waals surface area contributed by atoms with Gasteiger partial charge >= 0.3 is 5.97 Å². The van der Waals surface area contributed by atoms with E-state index in [2.05, 4.69) is 15.2 Å². The molecule has 1 aromatic carbocycles. The molecule has 0 saturated carbocycles. The quantitative estimate of drug-likeness (QED) is 0.610. The Balaban J connectivity index is 1.39. The summed E-state index contributed by atoms with van der Waals surface area (Å²) in [6, 6.07) is 12.8. The Labute approximate surface area is 180 Å². The molecule has 8 heteroatoms. The lowest BCUT2D eigenvalue weighted by atomic mass is 9.89. The minimum absolute atomic E-state index is 0.130. The zero-order chi connectivity index (χ0) is 21.6. The van der Waals surface area contributed by atoms with Crippen molar-refractivity contribution < 1.29 is 19.1 Å². The van der Waals surface area contributed by atoms with Crippen molar-refractivity contribution in [2.24, 2.45) is 0 Å². The van der Waals surface area contributed by atoms with E-state index < -0.39 is 5.97 Å². The number of esters is 1. The second kappa shape index (κ2) is 9.42. The number of nitrogens with one attached hydrogen (secondary N) is 1. The van der Waals surface area contributed by atoms with E-state index in [-0.39, 0.29) is 11.8 Å². The van der Waals surface area contributed by atoms with Gasteiger partial charge in [-0.05, 0) is 43.9 Å². The van der Waals surface area contributed by atoms with Crippen LogP contribution in [0.5, 0.6) is 11.5 Å². The standard InChI is InChI=1S/C23H24N4O4/c1-2-30-23(29)21-19(15-25-26-21)16-9-12-27(13-10-16)22(28)20-14-18(8-11-24-20)31-17-6-4-3-5-7-17/h3-8,11,14-16H,2,9-10,12-13H2,1H3,(H,25,26). The Kier molecular flexibility index (Phi) is 6.26. The van der Waals surface area contributed by atoms with Crippen molar-refractivity contribution in [2.45, 2.75) is 25.7 Å². The molecule has 1 N–H and O–H groups in total. The highest BCUT2D eigenvalue weighted by Gasteiger charge is 2.29. The number of likely N-dealkylation sites (tertiary alicyclic amines) is 1. The van der Waals surface area contributed by atoms with Crippen LogP contribution in [0.2, 0.25) is 0 Å². The number of benzene rings is 1. The van der Waals surface area contributed by atoms with Crippen LogP contribution in [-0.4, -0.2) is 51.7 Å². The largest absolute Gasteiger partial charge is 0.461 e. The average Bonchev–Trinajstić information content (AvgIpc) is 3.30. The molecule has 0 unspecified atom stereocenters. The van der Waals surface area contributed by atoms with Gasteiger partial charge in [0.1, 0.15) is 22.9 Å². The number of aromatic nitrogens is 3. The summed E-state index contributed by atoms with van der Waals surface area (Å²) in [5, 5.41) is 6.76. The van der Waals surface area contributed by atoms with Crippen molar-refractivity contribution in [3.05, 3.63) is 71.8 Å². The zero-order valence-electron chi connectivity index (χ0n) is 17.3. The number of ether oxygens (including phenoxy) is 2. The fourth-order valence-corrected chi connectivity index (χ4v) is 3.74. The van der Waals surface area contributed by atoms with Crippen LogP contribution >= 0.6 is 0 Å².